The SMILES string of the molecule is CC(=O)c1cc2c(cc1NC(=O)CCC(=O)[O-])OCO2. The number of carboxylic acid groups (broad SMARTS) is 1. The fourth-order valence-electron chi connectivity index (χ4n) is 1.76. The molecule has 1 N–H and O–H groups in total. The number of ether oxygens (including phenoxy) is 2. The minimum absolute atomic E-state index is 0.0504. The van der Waals surface area contributed by atoms with Crippen LogP contribution in [0.4, 0.5) is 5.69 Å². The molecule has 1 amide bonds. The van der Waals surface area contributed by atoms with E-state index in [1.54, 1.807) is 0 Å². The molecule has 0 saturated carbocycles. The van der Waals surface area contributed by atoms with Crippen molar-refractivity contribution in [2.45, 2.75) is 19.8 Å². The van der Waals surface area contributed by atoms with Gasteiger partial charge in [-0.15, -0.1) is 0 Å². The summed E-state index contributed by atoms with van der Waals surface area (Å²) in [6, 6.07) is 2.97. The predicted octanol–water partition coefficient (Wildman–Crippen LogP) is 0.0865. The zero-order chi connectivity index (χ0) is 14.7. The molecule has 0 fully saturated rings. The van der Waals surface area contributed by atoms with E-state index in [0.717, 1.165) is 0 Å². The van der Waals surface area contributed by atoms with Gasteiger partial charge in [0.1, 0.15) is 0 Å². The van der Waals surface area contributed by atoms with E-state index in [1.165, 1.54) is 19.1 Å². The maximum Gasteiger partial charge on any atom is 0.231 e. The normalized spacial score (nSPS) is 12.1. The number of carboxylic acids is 1. The summed E-state index contributed by atoms with van der Waals surface area (Å²) in [4.78, 5) is 33.5. The first-order chi connectivity index (χ1) is 9.47. The van der Waals surface area contributed by atoms with Crippen LogP contribution in [0.1, 0.15) is 30.1 Å². The van der Waals surface area contributed by atoms with Crippen molar-refractivity contribution in [3.8, 4) is 11.5 Å². The largest absolute Gasteiger partial charge is 0.550 e. The van der Waals surface area contributed by atoms with E-state index < -0.39 is 11.9 Å². The first-order valence-electron chi connectivity index (χ1n) is 5.91. The molecule has 0 saturated heterocycles. The number of carbonyl (C=O) groups excluding carboxylic acids is 3. The van der Waals surface area contributed by atoms with E-state index >= 15 is 0 Å². The Labute approximate surface area is 114 Å². The van der Waals surface area contributed by atoms with Crippen molar-refractivity contribution >= 4 is 23.3 Å². The summed E-state index contributed by atoms with van der Waals surface area (Å²) in [7, 11) is 0. The number of nitrogens with one attached hydrogen (secondary N) is 1. The Morgan fingerprint density at radius 3 is 2.45 bits per heavy atom. The van der Waals surface area contributed by atoms with Gasteiger partial charge in [0.15, 0.2) is 17.3 Å². The average molecular weight is 278 g/mol. The summed E-state index contributed by atoms with van der Waals surface area (Å²) in [5.74, 6) is -1.22. The van der Waals surface area contributed by atoms with Crippen molar-refractivity contribution in [1.82, 2.24) is 0 Å². The third-order valence-corrected chi connectivity index (χ3v) is 2.72. The van der Waals surface area contributed by atoms with Crippen LogP contribution in [0.25, 0.3) is 0 Å². The lowest BCUT2D eigenvalue weighted by atomic mass is 10.1. The molecule has 106 valence electrons. The molecule has 0 bridgehead atoms. The van der Waals surface area contributed by atoms with Crippen LogP contribution in [0.15, 0.2) is 12.1 Å². The van der Waals surface area contributed by atoms with Crippen LogP contribution in [-0.4, -0.2) is 24.5 Å². The molecular formula is C13H12NO6-. The van der Waals surface area contributed by atoms with Gasteiger partial charge in [-0.1, -0.05) is 0 Å². The van der Waals surface area contributed by atoms with Crippen molar-refractivity contribution in [1.29, 1.82) is 0 Å². The lowest BCUT2D eigenvalue weighted by Crippen LogP contribution is -2.24. The fraction of sp³-hybridized carbons (Fsp3) is 0.308. The topological polar surface area (TPSA) is 105 Å². The number of benzene rings is 1. The fourth-order valence-corrected chi connectivity index (χ4v) is 1.76. The summed E-state index contributed by atoms with van der Waals surface area (Å²) in [6.07, 6.45) is -0.611. The van der Waals surface area contributed by atoms with Crippen molar-refractivity contribution < 1.29 is 29.0 Å². The minimum Gasteiger partial charge on any atom is -0.550 e. The van der Waals surface area contributed by atoms with Crippen LogP contribution < -0.4 is 19.9 Å². The van der Waals surface area contributed by atoms with E-state index in [9.17, 15) is 19.5 Å². The first-order valence-corrected chi connectivity index (χ1v) is 5.91. The van der Waals surface area contributed by atoms with Crippen LogP contribution in [0.3, 0.4) is 0 Å². The maximum absolute atomic E-state index is 11.6. The molecule has 0 spiro atoms. The molecule has 20 heavy (non-hydrogen) atoms. The zero-order valence-corrected chi connectivity index (χ0v) is 10.7. The molecule has 2 rings (SSSR count). The number of fused-ring (bicyclic) bond motifs is 1. The number of aliphatic carboxylic acids is 1. The van der Waals surface area contributed by atoms with E-state index in [2.05, 4.69) is 5.32 Å². The van der Waals surface area contributed by atoms with E-state index in [4.69, 9.17) is 9.47 Å². The number of rotatable bonds is 5. The molecule has 0 unspecified atom stereocenters. The number of hydrogen-bond acceptors (Lipinski definition) is 6. The summed E-state index contributed by atoms with van der Waals surface area (Å²) in [6.45, 7) is 1.41. The molecule has 1 aromatic rings. The van der Waals surface area contributed by atoms with Gasteiger partial charge in [-0.25, -0.2) is 0 Å². The Morgan fingerprint density at radius 1 is 1.20 bits per heavy atom. The highest BCUT2D eigenvalue weighted by molar-refractivity contribution is 6.04. The molecule has 0 radical (unpaired) electrons. The lowest BCUT2D eigenvalue weighted by molar-refractivity contribution is -0.305. The molecule has 0 aromatic heterocycles. The second-order valence-electron chi connectivity index (χ2n) is 4.23. The number of ketones is 1. The summed E-state index contributed by atoms with van der Waals surface area (Å²) in [5.41, 5.74) is 0.543. The molecular weight excluding hydrogens is 266 g/mol. The second kappa shape index (κ2) is 5.60. The van der Waals surface area contributed by atoms with Gasteiger partial charge in [0.2, 0.25) is 12.7 Å². The van der Waals surface area contributed by atoms with E-state index in [-0.39, 0.29) is 36.7 Å². The number of anilines is 1. The van der Waals surface area contributed by atoms with Crippen molar-refractivity contribution in [3.05, 3.63) is 17.7 Å². The summed E-state index contributed by atoms with van der Waals surface area (Å²) < 4.78 is 10.3. The molecule has 1 heterocycles. The van der Waals surface area contributed by atoms with E-state index in [1.807, 2.05) is 0 Å². The number of carbonyl (C=O) groups is 3. The van der Waals surface area contributed by atoms with Crippen LogP contribution in [0, 0.1) is 0 Å². The van der Waals surface area contributed by atoms with Gasteiger partial charge >= 0.3 is 0 Å². The minimum atomic E-state index is -1.31. The van der Waals surface area contributed by atoms with Gasteiger partial charge in [-0.2, -0.15) is 0 Å². The average Bonchev–Trinajstić information content (AvgIpc) is 2.82. The quantitative estimate of drug-likeness (QED) is 0.765. The molecule has 7 heteroatoms. The molecule has 0 aliphatic carbocycles. The predicted molar refractivity (Wildman–Crippen MR) is 65.4 cm³/mol. The van der Waals surface area contributed by atoms with Crippen LogP contribution in [0.2, 0.25) is 0 Å². The number of hydrogen-bond donors (Lipinski definition) is 1. The third-order valence-electron chi connectivity index (χ3n) is 2.72. The first kappa shape index (κ1) is 13.9. The van der Waals surface area contributed by atoms with Crippen LogP contribution >= 0.6 is 0 Å². The van der Waals surface area contributed by atoms with Crippen LogP contribution in [-0.2, 0) is 9.59 Å². The van der Waals surface area contributed by atoms with E-state index in [0.29, 0.717) is 11.5 Å². The summed E-state index contributed by atoms with van der Waals surface area (Å²) >= 11 is 0. The molecule has 7 nitrogen and oxygen atoms in total. The lowest BCUT2D eigenvalue weighted by Gasteiger charge is -2.10. The Kier molecular flexibility index (Phi) is 3.88. The number of amides is 1. The standard InChI is InChI=1S/C13H13NO6/c1-7(15)8-4-10-11(20-6-19-10)5-9(8)14-12(16)2-3-13(17)18/h4-5H,2-3,6H2,1H3,(H,14,16)(H,17,18)/p-1. The molecule has 1 aliphatic heterocycles. The summed E-state index contributed by atoms with van der Waals surface area (Å²) in [5, 5.41) is 12.8. The van der Waals surface area contributed by atoms with Gasteiger partial charge in [0.25, 0.3) is 0 Å². The smallest absolute Gasteiger partial charge is 0.231 e. The molecule has 1 aromatic carbocycles. The Bertz CT molecular complexity index is 580. The highest BCUT2D eigenvalue weighted by Crippen LogP contribution is 2.37. The van der Waals surface area contributed by atoms with Gasteiger partial charge in [-0.3, -0.25) is 9.59 Å². The van der Waals surface area contributed by atoms with Gasteiger partial charge in [0, 0.05) is 24.0 Å². The second-order valence-corrected chi connectivity index (χ2v) is 4.23. The van der Waals surface area contributed by atoms with Crippen molar-refractivity contribution in [2.24, 2.45) is 0 Å². The molecule has 1 aliphatic rings. The number of Topliss-reactive ketones (excluding diaryl/α,β-unsaturated/α-hetero) is 1. The zero-order valence-electron chi connectivity index (χ0n) is 10.7. The Hall–Kier alpha value is -2.57. The molecule has 0 atom stereocenters. The maximum atomic E-state index is 11.6. The Morgan fingerprint density at radius 2 is 1.85 bits per heavy atom. The monoisotopic (exact) mass is 278 g/mol. The highest BCUT2D eigenvalue weighted by Gasteiger charge is 2.20. The Balaban J connectivity index is 2.20. The van der Waals surface area contributed by atoms with Gasteiger partial charge < -0.3 is 24.7 Å². The van der Waals surface area contributed by atoms with Crippen LogP contribution in [0.5, 0.6) is 11.5 Å². The highest BCUT2D eigenvalue weighted by atomic mass is 16.7. The third kappa shape index (κ3) is 3.05. The van der Waals surface area contributed by atoms with Crippen molar-refractivity contribution in [3.63, 3.8) is 0 Å². The van der Waals surface area contributed by atoms with Gasteiger partial charge in [0.05, 0.1) is 5.69 Å². The van der Waals surface area contributed by atoms with Crippen molar-refractivity contribution in [2.75, 3.05) is 12.1 Å². The van der Waals surface area contributed by atoms with Gasteiger partial charge in [-0.05, 0) is 19.4 Å².